The Labute approximate surface area is 120 Å². The van der Waals surface area contributed by atoms with Crippen molar-refractivity contribution >= 4 is 29.3 Å². The molecule has 0 aliphatic heterocycles. The molecule has 1 aromatic rings. The molecule has 0 heterocycles. The molecular weight excluding hydrogens is 286 g/mol. The highest BCUT2D eigenvalue weighted by Gasteiger charge is 2.19. The number of ketones is 1. The maximum Gasteiger partial charge on any atom is 0.328 e. The zero-order chi connectivity index (χ0) is 15.1. The van der Waals surface area contributed by atoms with E-state index in [2.05, 4.69) is 5.32 Å². The lowest BCUT2D eigenvalue weighted by atomic mass is 10.1. The Morgan fingerprint density at radius 2 is 1.75 bits per heavy atom. The summed E-state index contributed by atoms with van der Waals surface area (Å²) in [7, 11) is 0. The van der Waals surface area contributed by atoms with E-state index >= 15 is 0 Å². The van der Waals surface area contributed by atoms with Crippen LogP contribution in [0.3, 0.4) is 0 Å². The second-order valence-electron chi connectivity index (χ2n) is 4.07. The van der Waals surface area contributed by atoms with E-state index < -0.39 is 24.5 Å². The summed E-state index contributed by atoms with van der Waals surface area (Å²) in [6, 6.07) is 4.89. The van der Waals surface area contributed by atoms with Crippen LogP contribution in [0.2, 0.25) is 5.02 Å². The number of benzene rings is 1. The number of hydrogen-bond acceptors (Lipinski definition) is 4. The number of carbonyl (C=O) groups is 3. The van der Waals surface area contributed by atoms with Gasteiger partial charge in [-0.3, -0.25) is 9.59 Å². The molecule has 1 atom stereocenters. The predicted octanol–water partition coefficient (Wildman–Crippen LogP) is 0.865. The minimum absolute atomic E-state index is 0.0504. The Morgan fingerprint density at radius 3 is 2.25 bits per heavy atom. The third-order valence-electron chi connectivity index (χ3n) is 2.56. The van der Waals surface area contributed by atoms with Crippen molar-refractivity contribution in [2.45, 2.75) is 18.9 Å². The number of rotatable bonds is 7. The summed E-state index contributed by atoms with van der Waals surface area (Å²) in [6.07, 6.45) is -0.198. The van der Waals surface area contributed by atoms with Gasteiger partial charge in [0.25, 0.3) is 0 Å². The van der Waals surface area contributed by atoms with Gasteiger partial charge in [0.15, 0.2) is 5.78 Å². The summed E-state index contributed by atoms with van der Waals surface area (Å²) < 4.78 is 0. The molecular formula is C13H14ClNO5. The van der Waals surface area contributed by atoms with Gasteiger partial charge in [0.05, 0.1) is 6.61 Å². The van der Waals surface area contributed by atoms with Crippen molar-refractivity contribution in [3.8, 4) is 0 Å². The van der Waals surface area contributed by atoms with Gasteiger partial charge in [-0.05, 0) is 24.3 Å². The smallest absolute Gasteiger partial charge is 0.328 e. The van der Waals surface area contributed by atoms with Crippen LogP contribution in [0.25, 0.3) is 0 Å². The minimum atomic E-state index is -1.35. The molecule has 0 aliphatic rings. The highest BCUT2D eigenvalue weighted by molar-refractivity contribution is 6.30. The standard InChI is InChI=1S/C13H14ClNO5/c14-9-3-1-8(2-4-9)11(17)5-6-12(18)15-10(7-16)13(19)20/h1-4,10,16H,5-7H2,(H,15,18)(H,19,20). The zero-order valence-electron chi connectivity index (χ0n) is 10.5. The molecule has 1 aromatic carbocycles. The fraction of sp³-hybridized carbons (Fsp3) is 0.308. The monoisotopic (exact) mass is 299 g/mol. The third-order valence-corrected chi connectivity index (χ3v) is 2.81. The Morgan fingerprint density at radius 1 is 1.15 bits per heavy atom. The molecule has 0 spiro atoms. The van der Waals surface area contributed by atoms with E-state index in [0.29, 0.717) is 10.6 Å². The zero-order valence-corrected chi connectivity index (χ0v) is 11.3. The lowest BCUT2D eigenvalue weighted by Gasteiger charge is -2.11. The molecule has 0 bridgehead atoms. The predicted molar refractivity (Wildman–Crippen MR) is 71.7 cm³/mol. The number of carboxylic acid groups (broad SMARTS) is 1. The molecule has 3 N–H and O–H groups in total. The first kappa shape index (κ1) is 16.1. The Balaban J connectivity index is 2.46. The second-order valence-corrected chi connectivity index (χ2v) is 4.51. The lowest BCUT2D eigenvalue weighted by molar-refractivity contribution is -0.142. The quantitative estimate of drug-likeness (QED) is 0.648. The van der Waals surface area contributed by atoms with Gasteiger partial charge in [-0.1, -0.05) is 11.6 Å². The third kappa shape index (κ3) is 4.99. The number of aliphatic carboxylic acids is 1. The largest absolute Gasteiger partial charge is 0.480 e. The molecule has 0 aromatic heterocycles. The van der Waals surface area contributed by atoms with Crippen LogP contribution in [-0.2, 0) is 9.59 Å². The molecule has 0 radical (unpaired) electrons. The highest BCUT2D eigenvalue weighted by Crippen LogP contribution is 2.11. The van der Waals surface area contributed by atoms with Gasteiger partial charge in [-0.2, -0.15) is 0 Å². The van der Waals surface area contributed by atoms with Crippen molar-refractivity contribution in [1.29, 1.82) is 0 Å². The van der Waals surface area contributed by atoms with Gasteiger partial charge in [-0.15, -0.1) is 0 Å². The van der Waals surface area contributed by atoms with Crippen LogP contribution in [0.15, 0.2) is 24.3 Å². The number of carbonyl (C=O) groups excluding carboxylic acids is 2. The first-order valence-corrected chi connectivity index (χ1v) is 6.23. The first-order chi connectivity index (χ1) is 9.43. The van der Waals surface area contributed by atoms with Crippen LogP contribution in [0.5, 0.6) is 0 Å². The lowest BCUT2D eigenvalue weighted by Crippen LogP contribution is -2.43. The van der Waals surface area contributed by atoms with E-state index in [9.17, 15) is 14.4 Å². The molecule has 6 nitrogen and oxygen atoms in total. The Bertz CT molecular complexity index is 500. The summed E-state index contributed by atoms with van der Waals surface area (Å²) >= 11 is 5.69. The molecule has 108 valence electrons. The molecule has 0 saturated heterocycles. The van der Waals surface area contributed by atoms with E-state index in [1.807, 2.05) is 0 Å². The number of hydrogen-bond donors (Lipinski definition) is 3. The average molecular weight is 300 g/mol. The van der Waals surface area contributed by atoms with Gasteiger partial charge in [0.2, 0.25) is 5.91 Å². The molecule has 0 aliphatic carbocycles. The number of aliphatic hydroxyl groups excluding tert-OH is 1. The molecule has 1 unspecified atom stereocenters. The molecule has 0 fully saturated rings. The first-order valence-electron chi connectivity index (χ1n) is 5.86. The molecule has 20 heavy (non-hydrogen) atoms. The number of nitrogens with one attached hydrogen (secondary N) is 1. The van der Waals surface area contributed by atoms with E-state index in [4.69, 9.17) is 21.8 Å². The van der Waals surface area contributed by atoms with Crippen LogP contribution in [-0.4, -0.2) is 40.5 Å². The summed E-state index contributed by atoms with van der Waals surface area (Å²) in [5.74, 6) is -2.17. The summed E-state index contributed by atoms with van der Waals surface area (Å²) in [6.45, 7) is -0.702. The minimum Gasteiger partial charge on any atom is -0.480 e. The van der Waals surface area contributed by atoms with Crippen molar-refractivity contribution in [1.82, 2.24) is 5.32 Å². The van der Waals surface area contributed by atoms with Gasteiger partial charge in [-0.25, -0.2) is 4.79 Å². The maximum absolute atomic E-state index is 11.8. The van der Waals surface area contributed by atoms with Crippen LogP contribution in [0.1, 0.15) is 23.2 Å². The fourth-order valence-electron chi connectivity index (χ4n) is 1.46. The van der Waals surface area contributed by atoms with E-state index in [-0.39, 0.29) is 18.6 Å². The molecule has 1 rings (SSSR count). The summed E-state index contributed by atoms with van der Waals surface area (Å²) in [4.78, 5) is 33.8. The van der Waals surface area contributed by atoms with Crippen molar-refractivity contribution in [2.24, 2.45) is 0 Å². The topological polar surface area (TPSA) is 104 Å². The SMILES string of the molecule is O=C(CCC(=O)c1ccc(Cl)cc1)NC(CO)C(=O)O. The second kappa shape index (κ2) is 7.62. The van der Waals surface area contributed by atoms with E-state index in [0.717, 1.165) is 0 Å². The molecule has 1 amide bonds. The van der Waals surface area contributed by atoms with E-state index in [1.165, 1.54) is 0 Å². The van der Waals surface area contributed by atoms with Crippen molar-refractivity contribution < 1.29 is 24.6 Å². The maximum atomic E-state index is 11.8. The van der Waals surface area contributed by atoms with E-state index in [1.54, 1.807) is 24.3 Å². The van der Waals surface area contributed by atoms with Crippen LogP contribution in [0, 0.1) is 0 Å². The van der Waals surface area contributed by atoms with Crippen molar-refractivity contribution in [3.63, 3.8) is 0 Å². The number of amides is 1. The van der Waals surface area contributed by atoms with Crippen molar-refractivity contribution in [2.75, 3.05) is 6.61 Å². The Kier molecular flexibility index (Phi) is 6.14. The number of aliphatic hydroxyl groups is 1. The fourth-order valence-corrected chi connectivity index (χ4v) is 1.59. The normalized spacial score (nSPS) is 11.7. The van der Waals surface area contributed by atoms with Gasteiger partial charge < -0.3 is 15.5 Å². The van der Waals surface area contributed by atoms with Crippen molar-refractivity contribution in [3.05, 3.63) is 34.9 Å². The van der Waals surface area contributed by atoms with Crippen LogP contribution < -0.4 is 5.32 Å². The van der Waals surface area contributed by atoms with Crippen LogP contribution >= 0.6 is 11.6 Å². The van der Waals surface area contributed by atoms with Crippen LogP contribution in [0.4, 0.5) is 0 Å². The number of halogens is 1. The molecule has 7 heteroatoms. The number of Topliss-reactive ketones (excluding diaryl/α,β-unsaturated/α-hetero) is 1. The summed E-state index contributed by atoms with van der Waals surface area (Å²) in [5.41, 5.74) is 0.430. The van der Waals surface area contributed by atoms with Gasteiger partial charge >= 0.3 is 5.97 Å². The summed E-state index contributed by atoms with van der Waals surface area (Å²) in [5, 5.41) is 20.0. The van der Waals surface area contributed by atoms with Gasteiger partial charge in [0.1, 0.15) is 6.04 Å². The highest BCUT2D eigenvalue weighted by atomic mass is 35.5. The van der Waals surface area contributed by atoms with Gasteiger partial charge in [0, 0.05) is 23.4 Å². The molecule has 0 saturated carbocycles. The Hall–Kier alpha value is -1.92. The average Bonchev–Trinajstić information content (AvgIpc) is 2.42. The number of carboxylic acids is 1.